The lowest BCUT2D eigenvalue weighted by molar-refractivity contribution is -0.138. The number of amides is 2. The number of carboxylic acid groups (broad SMARTS) is 1. The minimum atomic E-state index is -1.08. The van der Waals surface area contributed by atoms with Crippen LogP contribution in [0.25, 0.3) is 0 Å². The minimum Gasteiger partial charge on any atom is -0.480 e. The molecule has 3 N–H and O–H groups in total. The van der Waals surface area contributed by atoms with E-state index in [0.29, 0.717) is 39.6 Å². The molecule has 0 aromatic rings. The molecule has 8 heteroatoms. The highest BCUT2D eigenvalue weighted by molar-refractivity contribution is 5.82. The number of urea groups is 1. The number of hydrogen-bond acceptors (Lipinski definition) is 5. The molecule has 0 fully saturated rings. The van der Waals surface area contributed by atoms with Crippen LogP contribution in [0.5, 0.6) is 0 Å². The lowest BCUT2D eigenvalue weighted by Gasteiger charge is -2.10. The number of aliphatic carboxylic acids is 1. The van der Waals surface area contributed by atoms with E-state index in [1.165, 1.54) is 6.92 Å². The Labute approximate surface area is 112 Å². The van der Waals surface area contributed by atoms with Crippen LogP contribution in [0.3, 0.4) is 0 Å². The van der Waals surface area contributed by atoms with E-state index < -0.39 is 18.0 Å². The predicted octanol–water partition coefficient (Wildman–Crippen LogP) is -0.562. The summed E-state index contributed by atoms with van der Waals surface area (Å²) in [5, 5.41) is 13.3. The number of methoxy groups -OCH3 is 1. The van der Waals surface area contributed by atoms with Gasteiger partial charge in [-0.1, -0.05) is 0 Å². The SMILES string of the molecule is COCCOCCOCCNC(=O)NC(C)C(=O)O. The molecule has 0 aromatic carbocycles. The normalized spacial score (nSPS) is 11.9. The summed E-state index contributed by atoms with van der Waals surface area (Å²) in [6.07, 6.45) is 0. The predicted molar refractivity (Wildman–Crippen MR) is 67.1 cm³/mol. The molecule has 0 aliphatic rings. The van der Waals surface area contributed by atoms with E-state index in [0.717, 1.165) is 0 Å². The van der Waals surface area contributed by atoms with E-state index in [1.54, 1.807) is 7.11 Å². The highest BCUT2D eigenvalue weighted by Crippen LogP contribution is 1.82. The number of hydrogen-bond donors (Lipinski definition) is 3. The number of carbonyl (C=O) groups is 2. The monoisotopic (exact) mass is 278 g/mol. The molecule has 0 spiro atoms. The van der Waals surface area contributed by atoms with Crippen LogP contribution in [-0.2, 0) is 19.0 Å². The highest BCUT2D eigenvalue weighted by Gasteiger charge is 2.12. The third-order valence-electron chi connectivity index (χ3n) is 2.05. The minimum absolute atomic E-state index is 0.302. The highest BCUT2D eigenvalue weighted by atomic mass is 16.5. The van der Waals surface area contributed by atoms with Crippen molar-refractivity contribution in [2.45, 2.75) is 13.0 Å². The smallest absolute Gasteiger partial charge is 0.325 e. The lowest BCUT2D eigenvalue weighted by atomic mass is 10.3. The van der Waals surface area contributed by atoms with Crippen molar-refractivity contribution in [1.82, 2.24) is 10.6 Å². The Morgan fingerprint density at radius 3 is 2.26 bits per heavy atom. The first kappa shape index (κ1) is 17.6. The standard InChI is InChI=1S/C11H22N2O6/c1-9(10(14)15)13-11(16)12-3-4-18-7-8-19-6-5-17-2/h9H,3-8H2,1-2H3,(H,14,15)(H2,12,13,16). The molecule has 0 aromatic heterocycles. The van der Waals surface area contributed by atoms with E-state index in [2.05, 4.69) is 10.6 Å². The van der Waals surface area contributed by atoms with E-state index >= 15 is 0 Å². The van der Waals surface area contributed by atoms with E-state index in [1.807, 2.05) is 0 Å². The van der Waals surface area contributed by atoms with E-state index in [9.17, 15) is 9.59 Å². The maximum Gasteiger partial charge on any atom is 0.325 e. The van der Waals surface area contributed by atoms with Crippen LogP contribution >= 0.6 is 0 Å². The molecule has 0 heterocycles. The molecule has 2 amide bonds. The van der Waals surface area contributed by atoms with Gasteiger partial charge in [-0.2, -0.15) is 0 Å². The Bertz CT molecular complexity index is 262. The molecule has 112 valence electrons. The van der Waals surface area contributed by atoms with Crippen molar-refractivity contribution in [3.05, 3.63) is 0 Å². The molecule has 0 bridgehead atoms. The maximum absolute atomic E-state index is 11.2. The van der Waals surface area contributed by atoms with Crippen LogP contribution in [0.2, 0.25) is 0 Å². The van der Waals surface area contributed by atoms with Crippen molar-refractivity contribution in [2.24, 2.45) is 0 Å². The molecule has 1 unspecified atom stereocenters. The molecule has 8 nitrogen and oxygen atoms in total. The molecule has 1 atom stereocenters. The van der Waals surface area contributed by atoms with Crippen molar-refractivity contribution in [3.8, 4) is 0 Å². The molecule has 0 radical (unpaired) electrons. The maximum atomic E-state index is 11.2. The molecule has 0 saturated carbocycles. The van der Waals surface area contributed by atoms with Crippen LogP contribution in [0.4, 0.5) is 4.79 Å². The van der Waals surface area contributed by atoms with E-state index in [-0.39, 0.29) is 0 Å². The first-order valence-electron chi connectivity index (χ1n) is 5.99. The third-order valence-corrected chi connectivity index (χ3v) is 2.05. The fraction of sp³-hybridized carbons (Fsp3) is 0.818. The van der Waals surface area contributed by atoms with Crippen LogP contribution in [0.15, 0.2) is 0 Å². The first-order chi connectivity index (χ1) is 9.07. The zero-order valence-corrected chi connectivity index (χ0v) is 11.3. The van der Waals surface area contributed by atoms with Gasteiger partial charge in [-0.15, -0.1) is 0 Å². The van der Waals surface area contributed by atoms with E-state index in [4.69, 9.17) is 19.3 Å². The van der Waals surface area contributed by atoms with Crippen LogP contribution < -0.4 is 10.6 Å². The average molecular weight is 278 g/mol. The Morgan fingerprint density at radius 1 is 1.11 bits per heavy atom. The van der Waals surface area contributed by atoms with Gasteiger partial charge in [0, 0.05) is 13.7 Å². The molecule has 0 saturated heterocycles. The summed E-state index contributed by atoms with van der Waals surface area (Å²) >= 11 is 0. The van der Waals surface area contributed by atoms with Crippen LogP contribution in [-0.4, -0.2) is 69.8 Å². The second-order valence-corrected chi connectivity index (χ2v) is 3.68. The third kappa shape index (κ3) is 11.4. The second kappa shape index (κ2) is 11.7. The number of rotatable bonds is 11. The fourth-order valence-electron chi connectivity index (χ4n) is 1.01. The number of nitrogens with one attached hydrogen (secondary N) is 2. The van der Waals surface area contributed by atoms with Crippen LogP contribution in [0.1, 0.15) is 6.92 Å². The Morgan fingerprint density at radius 2 is 1.68 bits per heavy atom. The summed E-state index contributed by atoms with van der Waals surface area (Å²) in [6.45, 7) is 3.98. The number of ether oxygens (including phenoxy) is 3. The van der Waals surface area contributed by atoms with Crippen molar-refractivity contribution in [3.63, 3.8) is 0 Å². The average Bonchev–Trinajstić information content (AvgIpc) is 2.36. The van der Waals surface area contributed by atoms with Gasteiger partial charge in [-0.3, -0.25) is 4.79 Å². The summed E-state index contributed by atoms with van der Waals surface area (Å²) in [5.74, 6) is -1.08. The largest absolute Gasteiger partial charge is 0.480 e. The summed E-state index contributed by atoms with van der Waals surface area (Å²) in [6, 6.07) is -1.45. The molecule has 19 heavy (non-hydrogen) atoms. The number of carboxylic acids is 1. The van der Waals surface area contributed by atoms with Gasteiger partial charge in [0.2, 0.25) is 0 Å². The van der Waals surface area contributed by atoms with Gasteiger partial charge >= 0.3 is 12.0 Å². The Kier molecular flexibility index (Phi) is 10.8. The zero-order valence-electron chi connectivity index (χ0n) is 11.3. The lowest BCUT2D eigenvalue weighted by Crippen LogP contribution is -2.45. The fourth-order valence-corrected chi connectivity index (χ4v) is 1.01. The van der Waals surface area contributed by atoms with Crippen molar-refractivity contribution >= 4 is 12.0 Å². The van der Waals surface area contributed by atoms with Gasteiger partial charge in [0.25, 0.3) is 0 Å². The number of carbonyl (C=O) groups excluding carboxylic acids is 1. The quantitative estimate of drug-likeness (QED) is 0.437. The van der Waals surface area contributed by atoms with Gasteiger partial charge in [0.15, 0.2) is 0 Å². The Balaban J connectivity index is 3.30. The van der Waals surface area contributed by atoms with Gasteiger partial charge in [-0.25, -0.2) is 4.79 Å². The van der Waals surface area contributed by atoms with Crippen molar-refractivity contribution in [1.29, 1.82) is 0 Å². The second-order valence-electron chi connectivity index (χ2n) is 3.68. The summed E-state index contributed by atoms with van der Waals surface area (Å²) in [7, 11) is 1.60. The van der Waals surface area contributed by atoms with Gasteiger partial charge in [-0.05, 0) is 6.92 Å². The van der Waals surface area contributed by atoms with Gasteiger partial charge in [0.1, 0.15) is 6.04 Å². The Hall–Kier alpha value is -1.38. The summed E-state index contributed by atoms with van der Waals surface area (Å²) in [5.41, 5.74) is 0. The van der Waals surface area contributed by atoms with Crippen molar-refractivity contribution in [2.75, 3.05) is 46.7 Å². The molecule has 0 aliphatic carbocycles. The molecule has 0 aliphatic heterocycles. The molecule has 0 rings (SSSR count). The van der Waals surface area contributed by atoms with Gasteiger partial charge < -0.3 is 30.0 Å². The van der Waals surface area contributed by atoms with Crippen molar-refractivity contribution < 1.29 is 28.9 Å². The topological polar surface area (TPSA) is 106 Å². The zero-order chi connectivity index (χ0) is 14.5. The molecular weight excluding hydrogens is 256 g/mol. The molecular formula is C11H22N2O6. The summed E-state index contributed by atoms with van der Waals surface area (Å²) < 4.78 is 15.2. The van der Waals surface area contributed by atoms with Crippen LogP contribution in [0, 0.1) is 0 Å². The summed E-state index contributed by atoms with van der Waals surface area (Å²) in [4.78, 5) is 21.7. The first-order valence-corrected chi connectivity index (χ1v) is 5.99. The van der Waals surface area contributed by atoms with Gasteiger partial charge in [0.05, 0.1) is 33.0 Å².